The van der Waals surface area contributed by atoms with E-state index in [2.05, 4.69) is 64.7 Å². The molecular formula is C24H27Cl2N5S. The predicted octanol–water partition coefficient (Wildman–Crippen LogP) is 5.33. The van der Waals surface area contributed by atoms with E-state index < -0.39 is 0 Å². The van der Waals surface area contributed by atoms with Gasteiger partial charge in [-0.15, -0.1) is 0 Å². The van der Waals surface area contributed by atoms with Crippen molar-refractivity contribution in [2.24, 2.45) is 0 Å². The molecule has 1 N–H and O–H groups in total. The van der Waals surface area contributed by atoms with E-state index in [-0.39, 0.29) is 12.1 Å². The highest BCUT2D eigenvalue weighted by Crippen LogP contribution is 2.41. The molecule has 3 aromatic rings. The molecular weight excluding hydrogens is 461 g/mol. The second kappa shape index (κ2) is 9.40. The third kappa shape index (κ3) is 4.37. The summed E-state index contributed by atoms with van der Waals surface area (Å²) in [5.41, 5.74) is 5.32. The fourth-order valence-corrected chi connectivity index (χ4v) is 5.24. The van der Waals surface area contributed by atoms with Crippen molar-refractivity contribution in [3.63, 3.8) is 0 Å². The molecule has 0 radical (unpaired) electrons. The Bertz CT molecular complexity index is 1130. The number of nitrogens with zero attached hydrogens (tertiary/aromatic N) is 4. The van der Waals surface area contributed by atoms with Crippen molar-refractivity contribution in [3.05, 3.63) is 81.4 Å². The fraction of sp³-hybridized carbons (Fsp3) is 0.333. The number of halogens is 2. The monoisotopic (exact) mass is 487 g/mol. The van der Waals surface area contributed by atoms with E-state index in [9.17, 15) is 0 Å². The molecule has 1 fully saturated rings. The molecule has 1 aliphatic heterocycles. The molecule has 1 aromatic carbocycles. The Morgan fingerprint density at radius 3 is 2.56 bits per heavy atom. The van der Waals surface area contributed by atoms with Crippen LogP contribution in [0.4, 0.5) is 0 Å². The largest absolute Gasteiger partial charge is 0.352 e. The van der Waals surface area contributed by atoms with E-state index in [0.29, 0.717) is 10.0 Å². The van der Waals surface area contributed by atoms with Gasteiger partial charge in [0.2, 0.25) is 0 Å². The van der Waals surface area contributed by atoms with Gasteiger partial charge in [0.05, 0.1) is 28.5 Å². The van der Waals surface area contributed by atoms with Gasteiger partial charge in [0.1, 0.15) is 0 Å². The Morgan fingerprint density at radius 2 is 1.91 bits per heavy atom. The van der Waals surface area contributed by atoms with Crippen LogP contribution in [0.2, 0.25) is 10.0 Å². The lowest BCUT2D eigenvalue weighted by Crippen LogP contribution is -2.35. The molecule has 5 nitrogen and oxygen atoms in total. The van der Waals surface area contributed by atoms with Gasteiger partial charge in [-0.05, 0) is 82.1 Å². The molecule has 0 amide bonds. The van der Waals surface area contributed by atoms with Crippen LogP contribution in [-0.4, -0.2) is 51.6 Å². The molecule has 0 aliphatic carbocycles. The first-order valence-electron chi connectivity index (χ1n) is 10.5. The Hall–Kier alpha value is -2.12. The summed E-state index contributed by atoms with van der Waals surface area (Å²) in [6.45, 7) is 5.95. The molecule has 8 heteroatoms. The summed E-state index contributed by atoms with van der Waals surface area (Å²) in [7, 11) is 4.15. The van der Waals surface area contributed by atoms with Crippen molar-refractivity contribution in [1.29, 1.82) is 0 Å². The summed E-state index contributed by atoms with van der Waals surface area (Å²) < 4.78 is 2.19. The Labute approximate surface area is 204 Å². The molecule has 168 valence electrons. The summed E-state index contributed by atoms with van der Waals surface area (Å²) >= 11 is 18.5. The van der Waals surface area contributed by atoms with E-state index in [4.69, 9.17) is 35.4 Å². The van der Waals surface area contributed by atoms with Gasteiger partial charge >= 0.3 is 0 Å². The minimum atomic E-state index is -0.0412. The van der Waals surface area contributed by atoms with Crippen molar-refractivity contribution >= 4 is 40.5 Å². The SMILES string of the molecule is Cc1cc([C@@H]2[C@H](c3ccccn3)NC(=S)N2CCN(C)C)c(C)n1-c1ccc(Cl)cc1Cl. The normalized spacial score (nSPS) is 18.5. The standard InChI is InChI=1S/C24H27Cl2N5S/c1-15-13-18(16(2)31(15)21-9-8-17(25)14-19(21)26)23-22(20-7-5-6-10-27-20)28-24(32)30(23)12-11-29(3)4/h5-10,13-14,22-23H,11-12H2,1-4H3,(H,28,32)/t22-,23+/m0/s1. The fourth-order valence-electron chi connectivity index (χ4n) is 4.41. The minimum Gasteiger partial charge on any atom is -0.352 e. The maximum atomic E-state index is 6.57. The number of benzene rings is 1. The molecule has 1 saturated heterocycles. The second-order valence-corrected chi connectivity index (χ2v) is 9.61. The number of aryl methyl sites for hydroxylation is 1. The van der Waals surface area contributed by atoms with E-state index in [0.717, 1.165) is 41.0 Å². The van der Waals surface area contributed by atoms with E-state index in [1.807, 2.05) is 30.5 Å². The summed E-state index contributed by atoms with van der Waals surface area (Å²) in [5, 5.41) is 5.53. The first-order chi connectivity index (χ1) is 15.3. The van der Waals surface area contributed by atoms with E-state index in [1.165, 1.54) is 5.56 Å². The number of likely N-dealkylation sites (N-methyl/N-ethyl adjacent to an activating group) is 1. The third-order valence-electron chi connectivity index (χ3n) is 5.93. The van der Waals surface area contributed by atoms with Gasteiger partial charge in [0, 0.05) is 35.7 Å². The number of aromatic nitrogens is 2. The van der Waals surface area contributed by atoms with Gasteiger partial charge in [0.25, 0.3) is 0 Å². The van der Waals surface area contributed by atoms with Crippen molar-refractivity contribution < 1.29 is 0 Å². The van der Waals surface area contributed by atoms with Crippen molar-refractivity contribution in [3.8, 4) is 5.69 Å². The van der Waals surface area contributed by atoms with Crippen molar-refractivity contribution in [1.82, 2.24) is 24.7 Å². The predicted molar refractivity (Wildman–Crippen MR) is 136 cm³/mol. The smallest absolute Gasteiger partial charge is 0.170 e. The molecule has 2 aromatic heterocycles. The van der Waals surface area contributed by atoms with Gasteiger partial charge in [-0.1, -0.05) is 29.3 Å². The number of nitrogens with one attached hydrogen (secondary N) is 1. The summed E-state index contributed by atoms with van der Waals surface area (Å²) in [6, 6.07) is 13.8. The first-order valence-corrected chi connectivity index (χ1v) is 11.7. The van der Waals surface area contributed by atoms with Crippen LogP contribution >= 0.6 is 35.4 Å². The molecule has 0 saturated carbocycles. The Balaban J connectivity index is 1.82. The van der Waals surface area contributed by atoms with Crippen molar-refractivity contribution in [2.45, 2.75) is 25.9 Å². The van der Waals surface area contributed by atoms with Gasteiger partial charge in [-0.2, -0.15) is 0 Å². The van der Waals surface area contributed by atoms with E-state index in [1.54, 1.807) is 6.07 Å². The molecule has 1 aliphatic rings. The molecule has 2 atom stereocenters. The van der Waals surface area contributed by atoms with Crippen LogP contribution in [0.1, 0.15) is 34.7 Å². The van der Waals surface area contributed by atoms with Crippen LogP contribution in [0.3, 0.4) is 0 Å². The zero-order valence-electron chi connectivity index (χ0n) is 18.6. The van der Waals surface area contributed by atoms with Crippen LogP contribution in [0.15, 0.2) is 48.7 Å². The maximum absolute atomic E-state index is 6.57. The van der Waals surface area contributed by atoms with Crippen molar-refractivity contribution in [2.75, 3.05) is 27.2 Å². The molecule has 0 unspecified atom stereocenters. The molecule has 0 bridgehead atoms. The van der Waals surface area contributed by atoms with Gasteiger partial charge < -0.3 is 19.7 Å². The second-order valence-electron chi connectivity index (χ2n) is 8.38. The molecule has 32 heavy (non-hydrogen) atoms. The molecule has 3 heterocycles. The number of hydrogen-bond donors (Lipinski definition) is 1. The molecule has 0 spiro atoms. The van der Waals surface area contributed by atoms with Crippen LogP contribution in [0, 0.1) is 13.8 Å². The van der Waals surface area contributed by atoms with Gasteiger partial charge in [-0.3, -0.25) is 4.98 Å². The highest BCUT2D eigenvalue weighted by Gasteiger charge is 2.41. The van der Waals surface area contributed by atoms with Gasteiger partial charge in [-0.25, -0.2) is 0 Å². The lowest BCUT2D eigenvalue weighted by Gasteiger charge is -2.29. The summed E-state index contributed by atoms with van der Waals surface area (Å²) in [4.78, 5) is 9.09. The Kier molecular flexibility index (Phi) is 6.77. The number of rotatable bonds is 6. The van der Waals surface area contributed by atoms with E-state index >= 15 is 0 Å². The van der Waals surface area contributed by atoms with Gasteiger partial charge in [0.15, 0.2) is 5.11 Å². The maximum Gasteiger partial charge on any atom is 0.170 e. The zero-order valence-corrected chi connectivity index (χ0v) is 21.0. The highest BCUT2D eigenvalue weighted by molar-refractivity contribution is 7.80. The first kappa shape index (κ1) is 23.1. The number of hydrogen-bond acceptors (Lipinski definition) is 3. The molecule has 4 rings (SSSR count). The highest BCUT2D eigenvalue weighted by atomic mass is 35.5. The quantitative estimate of drug-likeness (QED) is 0.475. The van der Waals surface area contributed by atoms with Crippen LogP contribution < -0.4 is 5.32 Å². The van der Waals surface area contributed by atoms with Crippen LogP contribution in [0.5, 0.6) is 0 Å². The van der Waals surface area contributed by atoms with Crippen LogP contribution in [-0.2, 0) is 0 Å². The zero-order chi connectivity index (χ0) is 23.0. The Morgan fingerprint density at radius 1 is 1.12 bits per heavy atom. The lowest BCUT2D eigenvalue weighted by atomic mass is 9.97. The number of thiocarbonyl (C=S) groups is 1. The summed E-state index contributed by atoms with van der Waals surface area (Å²) in [6.07, 6.45) is 1.83. The summed E-state index contributed by atoms with van der Waals surface area (Å²) in [5.74, 6) is 0. The third-order valence-corrected chi connectivity index (χ3v) is 6.82. The number of pyridine rings is 1. The topological polar surface area (TPSA) is 36.3 Å². The average molecular weight is 488 g/mol. The lowest BCUT2D eigenvalue weighted by molar-refractivity contribution is 0.277. The minimum absolute atomic E-state index is 0.0170. The van der Waals surface area contributed by atoms with Crippen LogP contribution in [0.25, 0.3) is 5.69 Å². The average Bonchev–Trinajstić information content (AvgIpc) is 3.23.